The number of allylic oxidation sites excluding steroid dienone is 1. The fraction of sp³-hybridized carbons (Fsp3) is 0.600. The molecule has 0 bridgehead atoms. The van der Waals surface area contributed by atoms with E-state index in [1.165, 1.54) is 0 Å². The van der Waals surface area contributed by atoms with Crippen LogP contribution >= 0.6 is 0 Å². The lowest BCUT2D eigenvalue weighted by molar-refractivity contribution is -0.148. The molecular formula is C20H30O4. The first-order valence-corrected chi connectivity index (χ1v) is 8.78. The van der Waals surface area contributed by atoms with E-state index in [2.05, 4.69) is 24.3 Å². The summed E-state index contributed by atoms with van der Waals surface area (Å²) in [5.41, 5.74) is 1.15. The maximum absolute atomic E-state index is 9.28. The highest BCUT2D eigenvalue weighted by Crippen LogP contribution is 2.29. The Morgan fingerprint density at radius 2 is 2.00 bits per heavy atom. The van der Waals surface area contributed by atoms with E-state index in [-0.39, 0.29) is 18.3 Å². The molecule has 1 aliphatic heterocycles. The Kier molecular flexibility index (Phi) is 7.43. The molecule has 1 aromatic rings. The van der Waals surface area contributed by atoms with Gasteiger partial charge in [0.25, 0.3) is 0 Å². The first-order chi connectivity index (χ1) is 11.5. The molecule has 0 amide bonds. The van der Waals surface area contributed by atoms with Crippen molar-refractivity contribution < 1.29 is 19.3 Å². The number of hydrogen-bond donors (Lipinski definition) is 1. The van der Waals surface area contributed by atoms with Crippen LogP contribution in [0.5, 0.6) is 0 Å². The van der Waals surface area contributed by atoms with Gasteiger partial charge in [-0.2, -0.15) is 0 Å². The molecule has 0 unspecified atom stereocenters. The summed E-state index contributed by atoms with van der Waals surface area (Å²) in [5, 5.41) is 9.28. The highest BCUT2D eigenvalue weighted by atomic mass is 16.8. The second-order valence-electron chi connectivity index (χ2n) is 6.85. The predicted molar refractivity (Wildman–Crippen MR) is 94.6 cm³/mol. The maximum atomic E-state index is 9.28. The van der Waals surface area contributed by atoms with Gasteiger partial charge in [0.2, 0.25) is 0 Å². The average molecular weight is 334 g/mol. The smallest absolute Gasteiger partial charge is 0.164 e. The zero-order valence-electron chi connectivity index (χ0n) is 15.0. The van der Waals surface area contributed by atoms with Gasteiger partial charge in [0.05, 0.1) is 19.3 Å². The first kappa shape index (κ1) is 19.1. The molecule has 0 radical (unpaired) electrons. The normalized spacial score (nSPS) is 24.5. The second-order valence-corrected chi connectivity index (χ2v) is 6.85. The topological polar surface area (TPSA) is 47.9 Å². The molecule has 1 saturated heterocycles. The summed E-state index contributed by atoms with van der Waals surface area (Å²) in [4.78, 5) is 0. The molecule has 2 rings (SSSR count). The number of benzene rings is 1. The summed E-state index contributed by atoms with van der Waals surface area (Å²) in [6.45, 7) is 6.75. The minimum Gasteiger partial charge on any atom is -0.393 e. The maximum Gasteiger partial charge on any atom is 0.164 e. The standard InChI is InChI=1S/C20H30O4/c1-16(21)10-6-4-9-13-18-19(24-20(2,3)23-18)15-22-14-17-11-7-5-8-12-17/h5,7-9,11-13,16,18-19,21H,4,6,10,14-15H2,1-3H3/b13-9+/t16-,18+,19+/m1/s1. The molecule has 1 fully saturated rings. The Bertz CT molecular complexity index is 496. The lowest BCUT2D eigenvalue weighted by Gasteiger charge is -2.16. The highest BCUT2D eigenvalue weighted by molar-refractivity contribution is 5.13. The number of hydrogen-bond acceptors (Lipinski definition) is 4. The Hall–Kier alpha value is -1.20. The number of aliphatic hydroxyl groups excluding tert-OH is 1. The van der Waals surface area contributed by atoms with Crippen molar-refractivity contribution in [1.82, 2.24) is 0 Å². The summed E-state index contributed by atoms with van der Waals surface area (Å²) in [5.74, 6) is -0.588. The number of aliphatic hydroxyl groups is 1. The van der Waals surface area contributed by atoms with Crippen molar-refractivity contribution in [1.29, 1.82) is 0 Å². The summed E-state index contributed by atoms with van der Waals surface area (Å²) in [6, 6.07) is 10.1. The molecule has 1 N–H and O–H groups in total. The third-order valence-corrected chi connectivity index (χ3v) is 3.93. The molecule has 4 heteroatoms. The molecule has 3 atom stereocenters. The lowest BCUT2D eigenvalue weighted by atomic mass is 10.1. The van der Waals surface area contributed by atoms with Crippen molar-refractivity contribution in [2.24, 2.45) is 0 Å². The van der Waals surface area contributed by atoms with Crippen LogP contribution in [0.1, 0.15) is 45.6 Å². The van der Waals surface area contributed by atoms with Crippen LogP contribution in [-0.4, -0.2) is 35.8 Å². The third-order valence-electron chi connectivity index (χ3n) is 3.93. The monoisotopic (exact) mass is 334 g/mol. The van der Waals surface area contributed by atoms with E-state index in [1.54, 1.807) is 0 Å². The number of unbranched alkanes of at least 4 members (excludes halogenated alkanes) is 1. The fourth-order valence-electron chi connectivity index (χ4n) is 2.78. The van der Waals surface area contributed by atoms with Gasteiger partial charge in [-0.3, -0.25) is 0 Å². The number of rotatable bonds is 9. The Morgan fingerprint density at radius 3 is 2.71 bits per heavy atom. The molecule has 1 aliphatic rings. The SMILES string of the molecule is C[C@@H](O)CCC/C=C/[C@@H]1OC(C)(C)O[C@H]1COCc1ccccc1. The third kappa shape index (κ3) is 6.73. The second kappa shape index (κ2) is 9.33. The van der Waals surface area contributed by atoms with Crippen molar-refractivity contribution in [3.05, 3.63) is 48.0 Å². The van der Waals surface area contributed by atoms with Gasteiger partial charge in [-0.1, -0.05) is 42.5 Å². The van der Waals surface area contributed by atoms with E-state index in [1.807, 2.05) is 39.0 Å². The van der Waals surface area contributed by atoms with Gasteiger partial charge in [0.15, 0.2) is 5.79 Å². The van der Waals surface area contributed by atoms with E-state index in [9.17, 15) is 5.11 Å². The van der Waals surface area contributed by atoms with Crippen LogP contribution in [0.3, 0.4) is 0 Å². The van der Waals surface area contributed by atoms with E-state index in [4.69, 9.17) is 14.2 Å². The molecule has 0 spiro atoms. The molecule has 134 valence electrons. The van der Waals surface area contributed by atoms with Crippen molar-refractivity contribution in [3.63, 3.8) is 0 Å². The largest absolute Gasteiger partial charge is 0.393 e. The van der Waals surface area contributed by atoms with Crippen LogP contribution in [0.15, 0.2) is 42.5 Å². The zero-order valence-corrected chi connectivity index (χ0v) is 15.0. The van der Waals surface area contributed by atoms with Gasteiger partial charge in [0.1, 0.15) is 12.2 Å². The van der Waals surface area contributed by atoms with Crippen LogP contribution in [0, 0.1) is 0 Å². The zero-order chi connectivity index (χ0) is 17.4. The minimum atomic E-state index is -0.588. The molecular weight excluding hydrogens is 304 g/mol. The van der Waals surface area contributed by atoms with Gasteiger partial charge in [-0.15, -0.1) is 0 Å². The van der Waals surface area contributed by atoms with E-state index in [0.29, 0.717) is 13.2 Å². The summed E-state index contributed by atoms with van der Waals surface area (Å²) >= 11 is 0. The summed E-state index contributed by atoms with van der Waals surface area (Å²) < 4.78 is 17.7. The van der Waals surface area contributed by atoms with Crippen LogP contribution in [0.2, 0.25) is 0 Å². The molecule has 4 nitrogen and oxygen atoms in total. The highest BCUT2D eigenvalue weighted by Gasteiger charge is 2.39. The van der Waals surface area contributed by atoms with Crippen LogP contribution in [0.25, 0.3) is 0 Å². The predicted octanol–water partition coefficient (Wildman–Crippen LogP) is 3.83. The van der Waals surface area contributed by atoms with E-state index < -0.39 is 5.79 Å². The summed E-state index contributed by atoms with van der Waals surface area (Å²) in [6.07, 6.45) is 6.47. The Morgan fingerprint density at radius 1 is 1.25 bits per heavy atom. The van der Waals surface area contributed by atoms with Gasteiger partial charge in [-0.25, -0.2) is 0 Å². The fourth-order valence-corrected chi connectivity index (χ4v) is 2.78. The van der Waals surface area contributed by atoms with Crippen LogP contribution in [0.4, 0.5) is 0 Å². The van der Waals surface area contributed by atoms with Gasteiger partial charge < -0.3 is 19.3 Å². The van der Waals surface area contributed by atoms with Crippen LogP contribution in [-0.2, 0) is 20.8 Å². The van der Waals surface area contributed by atoms with Gasteiger partial charge in [-0.05, 0) is 45.6 Å². The lowest BCUT2D eigenvalue weighted by Crippen LogP contribution is -2.26. The van der Waals surface area contributed by atoms with E-state index >= 15 is 0 Å². The quantitative estimate of drug-likeness (QED) is 0.551. The molecule has 0 aromatic heterocycles. The van der Waals surface area contributed by atoms with Crippen molar-refractivity contribution >= 4 is 0 Å². The van der Waals surface area contributed by atoms with Crippen molar-refractivity contribution in [2.75, 3.05) is 6.61 Å². The Balaban J connectivity index is 1.78. The van der Waals surface area contributed by atoms with Crippen molar-refractivity contribution in [2.45, 2.75) is 70.7 Å². The molecule has 1 aromatic carbocycles. The van der Waals surface area contributed by atoms with Crippen molar-refractivity contribution in [3.8, 4) is 0 Å². The van der Waals surface area contributed by atoms with Gasteiger partial charge >= 0.3 is 0 Å². The molecule has 24 heavy (non-hydrogen) atoms. The average Bonchev–Trinajstić information content (AvgIpc) is 2.82. The summed E-state index contributed by atoms with van der Waals surface area (Å²) in [7, 11) is 0. The molecule has 0 saturated carbocycles. The molecule has 0 aliphatic carbocycles. The Labute approximate surface area is 145 Å². The minimum absolute atomic E-state index is 0.0951. The van der Waals surface area contributed by atoms with Gasteiger partial charge in [0, 0.05) is 0 Å². The first-order valence-electron chi connectivity index (χ1n) is 8.78. The molecule has 1 heterocycles. The van der Waals surface area contributed by atoms with E-state index in [0.717, 1.165) is 24.8 Å². The number of ether oxygens (including phenoxy) is 3. The van der Waals surface area contributed by atoms with Crippen LogP contribution < -0.4 is 0 Å².